The standard InChI is InChI=1S/C60H111NO5/c1-3-5-7-9-11-13-14-30-34-38-42-46-50-54-60(65)66-55-51-47-43-39-35-32-29-27-25-23-21-19-17-15-16-18-20-22-24-26-28-31-33-37-41-45-49-53-59(64)61-57(56-62)58(63)52-48-44-40-36-12-10-8-6-4-2/h13-16,19,21,48,52,57-58,62-63H,3-12,17-18,20,22-47,49-51,53-56H2,1-2H3,(H,61,64)/b14-13-,16-15-,21-19-,52-48+. The Morgan fingerprint density at radius 3 is 1.18 bits per heavy atom. The molecule has 1 amide bonds. The van der Waals surface area contributed by atoms with Crippen LogP contribution in [-0.4, -0.2) is 47.4 Å². The third kappa shape index (κ3) is 51.2. The summed E-state index contributed by atoms with van der Waals surface area (Å²) in [7, 11) is 0. The minimum absolute atomic E-state index is 0.000220. The van der Waals surface area contributed by atoms with E-state index in [0.717, 1.165) is 51.4 Å². The Bertz CT molecular complexity index is 1110. The number of unbranched alkanes of at least 4 members (excludes halogenated alkanes) is 36. The molecule has 0 saturated heterocycles. The number of ether oxygens (including phenoxy) is 1. The van der Waals surface area contributed by atoms with Crippen LogP contribution in [-0.2, 0) is 14.3 Å². The van der Waals surface area contributed by atoms with Crippen molar-refractivity contribution in [2.45, 2.75) is 309 Å². The normalized spacial score (nSPS) is 13.0. The smallest absolute Gasteiger partial charge is 0.305 e. The van der Waals surface area contributed by atoms with Crippen molar-refractivity contribution in [1.29, 1.82) is 0 Å². The van der Waals surface area contributed by atoms with Gasteiger partial charge in [0, 0.05) is 12.8 Å². The van der Waals surface area contributed by atoms with Gasteiger partial charge in [-0.25, -0.2) is 0 Å². The van der Waals surface area contributed by atoms with Gasteiger partial charge in [0.15, 0.2) is 0 Å². The Balaban J connectivity index is 3.42. The maximum Gasteiger partial charge on any atom is 0.305 e. The van der Waals surface area contributed by atoms with E-state index in [-0.39, 0.29) is 18.5 Å². The van der Waals surface area contributed by atoms with Gasteiger partial charge in [0.1, 0.15) is 0 Å². The van der Waals surface area contributed by atoms with Gasteiger partial charge in [-0.05, 0) is 89.9 Å². The molecule has 0 aliphatic carbocycles. The highest BCUT2D eigenvalue weighted by atomic mass is 16.5. The molecule has 0 bridgehead atoms. The molecule has 0 saturated carbocycles. The van der Waals surface area contributed by atoms with Crippen LogP contribution in [0.2, 0.25) is 0 Å². The van der Waals surface area contributed by atoms with Gasteiger partial charge in [-0.15, -0.1) is 0 Å². The van der Waals surface area contributed by atoms with E-state index in [1.807, 2.05) is 6.08 Å². The predicted octanol–water partition coefficient (Wildman–Crippen LogP) is 17.8. The number of amides is 1. The van der Waals surface area contributed by atoms with Crippen molar-refractivity contribution < 1.29 is 24.5 Å². The number of esters is 1. The number of aliphatic hydroxyl groups excluding tert-OH is 2. The summed E-state index contributed by atoms with van der Waals surface area (Å²) in [6.07, 6.45) is 70.1. The summed E-state index contributed by atoms with van der Waals surface area (Å²) in [6.45, 7) is 4.85. The van der Waals surface area contributed by atoms with E-state index in [9.17, 15) is 19.8 Å². The summed E-state index contributed by atoms with van der Waals surface area (Å²) in [5, 5.41) is 22.9. The van der Waals surface area contributed by atoms with Crippen LogP contribution in [0.15, 0.2) is 48.6 Å². The number of hydrogen-bond donors (Lipinski definition) is 3. The highest BCUT2D eigenvalue weighted by molar-refractivity contribution is 5.76. The molecule has 0 aromatic heterocycles. The molecule has 386 valence electrons. The zero-order valence-corrected chi connectivity index (χ0v) is 43.9. The highest BCUT2D eigenvalue weighted by Gasteiger charge is 2.18. The molecule has 66 heavy (non-hydrogen) atoms. The van der Waals surface area contributed by atoms with E-state index in [2.05, 4.69) is 55.6 Å². The van der Waals surface area contributed by atoms with Gasteiger partial charge in [-0.2, -0.15) is 0 Å². The van der Waals surface area contributed by atoms with Crippen molar-refractivity contribution in [2.75, 3.05) is 13.2 Å². The fraction of sp³-hybridized carbons (Fsp3) is 0.833. The average molecular weight is 927 g/mol. The second-order valence-corrected chi connectivity index (χ2v) is 19.6. The maximum absolute atomic E-state index is 12.4. The molecule has 6 nitrogen and oxygen atoms in total. The monoisotopic (exact) mass is 926 g/mol. The summed E-state index contributed by atoms with van der Waals surface area (Å²) in [5.74, 6) is -0.0742. The second-order valence-electron chi connectivity index (χ2n) is 19.6. The number of carbonyl (C=O) groups excluding carboxylic acids is 2. The van der Waals surface area contributed by atoms with Crippen LogP contribution in [0.4, 0.5) is 0 Å². The molecule has 0 fully saturated rings. The van der Waals surface area contributed by atoms with E-state index in [1.165, 1.54) is 218 Å². The summed E-state index contributed by atoms with van der Waals surface area (Å²) < 4.78 is 5.46. The number of carbonyl (C=O) groups is 2. The molecule has 0 aromatic carbocycles. The van der Waals surface area contributed by atoms with Gasteiger partial charge >= 0.3 is 5.97 Å². The molecule has 0 aromatic rings. The van der Waals surface area contributed by atoms with Crippen LogP contribution in [0.1, 0.15) is 296 Å². The number of rotatable bonds is 53. The lowest BCUT2D eigenvalue weighted by atomic mass is 10.0. The molecule has 0 aliphatic rings. The molecule has 2 atom stereocenters. The van der Waals surface area contributed by atoms with Crippen LogP contribution in [0.3, 0.4) is 0 Å². The van der Waals surface area contributed by atoms with Crippen molar-refractivity contribution in [2.24, 2.45) is 0 Å². The van der Waals surface area contributed by atoms with E-state index < -0.39 is 12.1 Å². The third-order valence-corrected chi connectivity index (χ3v) is 13.1. The molecule has 0 spiro atoms. The van der Waals surface area contributed by atoms with Crippen LogP contribution in [0.5, 0.6) is 0 Å². The minimum atomic E-state index is -0.844. The van der Waals surface area contributed by atoms with E-state index >= 15 is 0 Å². The maximum atomic E-state index is 12.4. The average Bonchev–Trinajstić information content (AvgIpc) is 3.32. The Morgan fingerprint density at radius 2 is 0.758 bits per heavy atom. The summed E-state index contributed by atoms with van der Waals surface area (Å²) in [5.41, 5.74) is 0. The lowest BCUT2D eigenvalue weighted by Crippen LogP contribution is -2.45. The zero-order chi connectivity index (χ0) is 47.9. The fourth-order valence-electron chi connectivity index (χ4n) is 8.60. The third-order valence-electron chi connectivity index (χ3n) is 13.1. The Morgan fingerprint density at radius 1 is 0.424 bits per heavy atom. The van der Waals surface area contributed by atoms with Gasteiger partial charge in [0.2, 0.25) is 5.91 Å². The number of nitrogens with one attached hydrogen (secondary N) is 1. The zero-order valence-electron chi connectivity index (χ0n) is 43.9. The molecule has 3 N–H and O–H groups in total. The van der Waals surface area contributed by atoms with Gasteiger partial charge in [-0.1, -0.05) is 242 Å². The molecule has 0 heterocycles. The molecular formula is C60H111NO5. The molecule has 0 aliphatic heterocycles. The largest absolute Gasteiger partial charge is 0.466 e. The minimum Gasteiger partial charge on any atom is -0.466 e. The van der Waals surface area contributed by atoms with Gasteiger partial charge in [-0.3, -0.25) is 9.59 Å². The first-order valence-corrected chi connectivity index (χ1v) is 28.9. The molecular weight excluding hydrogens is 815 g/mol. The van der Waals surface area contributed by atoms with Gasteiger partial charge in [0.05, 0.1) is 25.4 Å². The first kappa shape index (κ1) is 63.8. The van der Waals surface area contributed by atoms with Crippen molar-refractivity contribution in [3.63, 3.8) is 0 Å². The fourth-order valence-corrected chi connectivity index (χ4v) is 8.60. The van der Waals surface area contributed by atoms with Crippen LogP contribution >= 0.6 is 0 Å². The summed E-state index contributed by atoms with van der Waals surface area (Å²) in [4.78, 5) is 24.4. The van der Waals surface area contributed by atoms with E-state index in [0.29, 0.717) is 19.4 Å². The SMILES string of the molecule is CCCCCC/C=C\CCCCCCCC(=O)OCCCCCCCCCCC/C=C\C/C=C\CCCCCCCCCCCCCC(=O)NC(CO)C(O)/C=C/CCCCCCCCC. The highest BCUT2D eigenvalue weighted by Crippen LogP contribution is 2.15. The molecule has 2 unspecified atom stereocenters. The quantitative estimate of drug-likeness (QED) is 0.0321. The predicted molar refractivity (Wildman–Crippen MR) is 287 cm³/mol. The van der Waals surface area contributed by atoms with Crippen molar-refractivity contribution in [3.05, 3.63) is 48.6 Å². The van der Waals surface area contributed by atoms with Crippen LogP contribution in [0.25, 0.3) is 0 Å². The molecule has 0 radical (unpaired) electrons. The summed E-state index contributed by atoms with van der Waals surface area (Å²) in [6, 6.07) is -0.628. The molecule has 0 rings (SSSR count). The van der Waals surface area contributed by atoms with Gasteiger partial charge in [0.25, 0.3) is 0 Å². The van der Waals surface area contributed by atoms with Crippen molar-refractivity contribution in [1.82, 2.24) is 5.32 Å². The lowest BCUT2D eigenvalue weighted by molar-refractivity contribution is -0.143. The number of aliphatic hydroxyl groups is 2. The Kier molecular flexibility index (Phi) is 53.6. The Labute approximate surface area is 410 Å². The first-order chi connectivity index (χ1) is 32.5. The molecule has 6 heteroatoms. The first-order valence-electron chi connectivity index (χ1n) is 28.9. The van der Waals surface area contributed by atoms with Crippen LogP contribution in [0, 0.1) is 0 Å². The van der Waals surface area contributed by atoms with Gasteiger partial charge < -0.3 is 20.3 Å². The summed E-state index contributed by atoms with van der Waals surface area (Å²) >= 11 is 0. The van der Waals surface area contributed by atoms with E-state index in [1.54, 1.807) is 6.08 Å². The van der Waals surface area contributed by atoms with E-state index in [4.69, 9.17) is 4.74 Å². The second kappa shape index (κ2) is 55.4. The number of hydrogen-bond acceptors (Lipinski definition) is 5. The topological polar surface area (TPSA) is 95.9 Å². The lowest BCUT2D eigenvalue weighted by Gasteiger charge is -2.20. The Hall–Kier alpha value is -2.18. The van der Waals surface area contributed by atoms with Crippen molar-refractivity contribution in [3.8, 4) is 0 Å². The number of allylic oxidation sites excluding steroid dienone is 7. The van der Waals surface area contributed by atoms with Crippen LogP contribution < -0.4 is 5.32 Å². The van der Waals surface area contributed by atoms with Crippen molar-refractivity contribution >= 4 is 11.9 Å².